The van der Waals surface area contributed by atoms with Crippen LogP contribution < -0.4 is 5.73 Å². The molecule has 5 heteroatoms. The average Bonchev–Trinajstić information content (AvgIpc) is 2.35. The maximum Gasteiger partial charge on any atom is 0.338 e. The Hall–Kier alpha value is -1.88. The van der Waals surface area contributed by atoms with Crippen LogP contribution in [-0.4, -0.2) is 11.0 Å². The summed E-state index contributed by atoms with van der Waals surface area (Å²) in [7, 11) is 0. The quantitative estimate of drug-likeness (QED) is 0.697. The van der Waals surface area contributed by atoms with Crippen LogP contribution in [0.3, 0.4) is 0 Å². The summed E-state index contributed by atoms with van der Waals surface area (Å²) < 4.78 is 5.94. The lowest BCUT2D eigenvalue weighted by atomic mass is 10.2. The zero-order valence-electron chi connectivity index (χ0n) is 10.4. The van der Waals surface area contributed by atoms with E-state index in [4.69, 9.17) is 10.5 Å². The van der Waals surface area contributed by atoms with Gasteiger partial charge in [0.25, 0.3) is 0 Å². The van der Waals surface area contributed by atoms with Crippen LogP contribution in [0.4, 0.5) is 5.69 Å². The lowest BCUT2D eigenvalue weighted by Crippen LogP contribution is -2.07. The van der Waals surface area contributed by atoms with E-state index < -0.39 is 5.97 Å². The molecule has 0 aliphatic carbocycles. The summed E-state index contributed by atoms with van der Waals surface area (Å²) in [5.74, 6) is -0.420. The van der Waals surface area contributed by atoms with Gasteiger partial charge < -0.3 is 10.5 Å². The monoisotopic (exact) mass is 320 g/mol. The van der Waals surface area contributed by atoms with Crippen molar-refractivity contribution in [2.45, 2.75) is 13.5 Å². The molecule has 0 saturated carbocycles. The third-order valence-electron chi connectivity index (χ3n) is 2.45. The van der Waals surface area contributed by atoms with E-state index in [-0.39, 0.29) is 6.61 Å². The van der Waals surface area contributed by atoms with Crippen LogP contribution in [0, 0.1) is 6.92 Å². The van der Waals surface area contributed by atoms with Crippen LogP contribution in [-0.2, 0) is 11.3 Å². The summed E-state index contributed by atoms with van der Waals surface area (Å²) in [6, 6.07) is 10.6. The van der Waals surface area contributed by atoms with Crippen LogP contribution >= 0.6 is 15.9 Å². The van der Waals surface area contributed by atoms with Gasteiger partial charge in [0.1, 0.15) is 6.61 Å². The van der Waals surface area contributed by atoms with Gasteiger partial charge in [0.15, 0.2) is 0 Å². The van der Waals surface area contributed by atoms with Crippen LogP contribution in [0.2, 0.25) is 0 Å². The van der Waals surface area contributed by atoms with E-state index in [1.807, 2.05) is 25.1 Å². The molecule has 0 amide bonds. The first-order valence-electron chi connectivity index (χ1n) is 5.70. The molecule has 4 nitrogen and oxygen atoms in total. The van der Waals surface area contributed by atoms with Crippen molar-refractivity contribution >= 4 is 27.6 Å². The fourth-order valence-electron chi connectivity index (χ4n) is 1.63. The van der Waals surface area contributed by atoms with E-state index >= 15 is 0 Å². The molecular formula is C14H13BrN2O2. The first-order chi connectivity index (χ1) is 9.04. The highest BCUT2D eigenvalue weighted by molar-refractivity contribution is 9.10. The highest BCUT2D eigenvalue weighted by Crippen LogP contribution is 2.18. The molecule has 0 saturated heterocycles. The number of nitrogen functional groups attached to an aromatic ring is 1. The predicted octanol–water partition coefficient (Wildman–Crippen LogP) is 3.09. The number of carbonyl (C=O) groups is 1. The number of ether oxygens (including phenoxy) is 1. The Labute approximate surface area is 119 Å². The average molecular weight is 321 g/mol. The van der Waals surface area contributed by atoms with Gasteiger partial charge in [-0.15, -0.1) is 0 Å². The van der Waals surface area contributed by atoms with Gasteiger partial charge in [0, 0.05) is 15.9 Å². The molecule has 2 aromatic rings. The zero-order valence-corrected chi connectivity index (χ0v) is 12.0. The van der Waals surface area contributed by atoms with Gasteiger partial charge >= 0.3 is 5.97 Å². The van der Waals surface area contributed by atoms with E-state index in [2.05, 4.69) is 20.9 Å². The number of esters is 1. The van der Waals surface area contributed by atoms with E-state index in [1.165, 1.54) is 0 Å². The predicted molar refractivity (Wildman–Crippen MR) is 76.6 cm³/mol. The molecule has 2 rings (SSSR count). The number of aromatic nitrogens is 1. The molecule has 0 aliphatic heterocycles. The first kappa shape index (κ1) is 13.5. The molecule has 0 unspecified atom stereocenters. The number of pyridine rings is 1. The van der Waals surface area contributed by atoms with Gasteiger partial charge in [-0.25, -0.2) is 4.79 Å². The molecular weight excluding hydrogens is 308 g/mol. The van der Waals surface area contributed by atoms with Gasteiger partial charge in [0.2, 0.25) is 0 Å². The maximum atomic E-state index is 11.9. The molecule has 98 valence electrons. The lowest BCUT2D eigenvalue weighted by molar-refractivity contribution is 0.0467. The van der Waals surface area contributed by atoms with Crippen molar-refractivity contribution in [1.29, 1.82) is 0 Å². The second kappa shape index (κ2) is 5.84. The standard InChI is InChI=1S/C14H13BrN2O2/c1-9-3-2-4-13(17-9)8-19-14(18)10-5-11(15)7-12(16)6-10/h2-7H,8,16H2,1H3. The van der Waals surface area contributed by atoms with Crippen molar-refractivity contribution in [2.75, 3.05) is 5.73 Å². The SMILES string of the molecule is Cc1cccc(COC(=O)c2cc(N)cc(Br)c2)n1. The topological polar surface area (TPSA) is 65.2 Å². The van der Waals surface area contributed by atoms with Gasteiger partial charge in [-0.2, -0.15) is 0 Å². The number of benzene rings is 1. The highest BCUT2D eigenvalue weighted by atomic mass is 79.9. The molecule has 1 aromatic carbocycles. The number of nitrogens with zero attached hydrogens (tertiary/aromatic N) is 1. The number of rotatable bonds is 3. The number of halogens is 1. The summed E-state index contributed by atoms with van der Waals surface area (Å²) in [5, 5.41) is 0. The second-order valence-corrected chi connectivity index (χ2v) is 5.04. The number of carbonyl (C=O) groups excluding carboxylic acids is 1. The number of nitrogens with two attached hydrogens (primary N) is 1. The zero-order chi connectivity index (χ0) is 13.8. The minimum atomic E-state index is -0.420. The third kappa shape index (κ3) is 3.79. The Balaban J connectivity index is 2.05. The Morgan fingerprint density at radius 3 is 2.84 bits per heavy atom. The third-order valence-corrected chi connectivity index (χ3v) is 2.91. The fraction of sp³-hybridized carbons (Fsp3) is 0.143. The summed E-state index contributed by atoms with van der Waals surface area (Å²) in [5.41, 5.74) is 8.21. The molecule has 1 heterocycles. The Morgan fingerprint density at radius 2 is 2.16 bits per heavy atom. The molecule has 0 spiro atoms. The van der Waals surface area contributed by atoms with Gasteiger partial charge in [-0.1, -0.05) is 22.0 Å². The molecule has 2 N–H and O–H groups in total. The van der Waals surface area contributed by atoms with Crippen LogP contribution in [0.1, 0.15) is 21.7 Å². The largest absolute Gasteiger partial charge is 0.456 e. The Morgan fingerprint density at radius 1 is 1.37 bits per heavy atom. The Bertz CT molecular complexity index is 594. The molecule has 0 fully saturated rings. The minimum absolute atomic E-state index is 0.146. The van der Waals surface area contributed by atoms with Gasteiger partial charge in [0.05, 0.1) is 11.3 Å². The van der Waals surface area contributed by atoms with Gasteiger partial charge in [-0.3, -0.25) is 4.98 Å². The second-order valence-electron chi connectivity index (χ2n) is 4.12. The van der Waals surface area contributed by atoms with E-state index in [0.29, 0.717) is 11.3 Å². The normalized spacial score (nSPS) is 10.2. The summed E-state index contributed by atoms with van der Waals surface area (Å²) in [6.07, 6.45) is 0. The fourth-order valence-corrected chi connectivity index (χ4v) is 2.14. The number of hydrogen-bond donors (Lipinski definition) is 1. The molecule has 0 aliphatic rings. The number of hydrogen-bond acceptors (Lipinski definition) is 4. The summed E-state index contributed by atoms with van der Waals surface area (Å²) >= 11 is 3.29. The minimum Gasteiger partial charge on any atom is -0.456 e. The van der Waals surface area contributed by atoms with E-state index in [0.717, 1.165) is 15.9 Å². The highest BCUT2D eigenvalue weighted by Gasteiger charge is 2.09. The van der Waals surface area contributed by atoms with E-state index in [9.17, 15) is 4.79 Å². The first-order valence-corrected chi connectivity index (χ1v) is 6.49. The lowest BCUT2D eigenvalue weighted by Gasteiger charge is -2.06. The van der Waals surface area contributed by atoms with Gasteiger partial charge in [-0.05, 0) is 37.3 Å². The van der Waals surface area contributed by atoms with Crippen molar-refractivity contribution in [1.82, 2.24) is 4.98 Å². The van der Waals surface area contributed by atoms with Crippen LogP contribution in [0.5, 0.6) is 0 Å². The smallest absolute Gasteiger partial charge is 0.338 e. The maximum absolute atomic E-state index is 11.9. The van der Waals surface area contributed by atoms with Crippen molar-refractivity contribution in [2.24, 2.45) is 0 Å². The number of aryl methyl sites for hydroxylation is 1. The number of anilines is 1. The van der Waals surface area contributed by atoms with Crippen molar-refractivity contribution < 1.29 is 9.53 Å². The van der Waals surface area contributed by atoms with Crippen molar-refractivity contribution in [3.05, 3.63) is 57.8 Å². The van der Waals surface area contributed by atoms with Crippen LogP contribution in [0.25, 0.3) is 0 Å². The van der Waals surface area contributed by atoms with Crippen LogP contribution in [0.15, 0.2) is 40.9 Å². The molecule has 19 heavy (non-hydrogen) atoms. The molecule has 0 radical (unpaired) electrons. The summed E-state index contributed by atoms with van der Waals surface area (Å²) in [4.78, 5) is 16.1. The van der Waals surface area contributed by atoms with Crippen molar-refractivity contribution in [3.63, 3.8) is 0 Å². The van der Waals surface area contributed by atoms with E-state index in [1.54, 1.807) is 18.2 Å². The van der Waals surface area contributed by atoms with Crippen molar-refractivity contribution in [3.8, 4) is 0 Å². The molecule has 0 bridgehead atoms. The summed E-state index contributed by atoms with van der Waals surface area (Å²) in [6.45, 7) is 2.03. The molecule has 0 atom stereocenters. The Kier molecular flexibility index (Phi) is 4.16. The molecule has 1 aromatic heterocycles.